The van der Waals surface area contributed by atoms with Gasteiger partial charge in [-0.3, -0.25) is 9.80 Å². The highest BCUT2D eigenvalue weighted by atomic mass is 16.3. The number of hydrogen-bond acceptors (Lipinski definition) is 4. The number of aromatic nitrogens is 2. The van der Waals surface area contributed by atoms with Gasteiger partial charge >= 0.3 is 0 Å². The molecule has 2 aromatic rings. The van der Waals surface area contributed by atoms with Crippen molar-refractivity contribution in [3.8, 4) is 5.69 Å². The quantitative estimate of drug-likeness (QED) is 0.763. The van der Waals surface area contributed by atoms with Crippen molar-refractivity contribution in [1.82, 2.24) is 19.6 Å². The average Bonchev–Trinajstić information content (AvgIpc) is 3.16. The summed E-state index contributed by atoms with van der Waals surface area (Å²) >= 11 is 0. The SMILES string of the molecule is CC(C)=CCN1CCN(Cc2cc(C)ccc2-n2cccn2)CC1CCO. The van der Waals surface area contributed by atoms with Crippen LogP contribution in [0.3, 0.4) is 0 Å². The summed E-state index contributed by atoms with van der Waals surface area (Å²) in [6.07, 6.45) is 6.94. The fourth-order valence-corrected chi connectivity index (χ4v) is 3.78. The lowest BCUT2D eigenvalue weighted by atomic mass is 10.1. The lowest BCUT2D eigenvalue weighted by Crippen LogP contribution is -2.53. The van der Waals surface area contributed by atoms with Crippen LogP contribution in [0.2, 0.25) is 0 Å². The predicted molar refractivity (Wildman–Crippen MR) is 110 cm³/mol. The zero-order valence-electron chi connectivity index (χ0n) is 16.8. The second kappa shape index (κ2) is 9.31. The Kier molecular flexibility index (Phi) is 6.83. The highest BCUT2D eigenvalue weighted by molar-refractivity contribution is 5.42. The topological polar surface area (TPSA) is 44.5 Å². The molecular formula is C22H32N4O. The van der Waals surface area contributed by atoms with Gasteiger partial charge in [-0.05, 0) is 44.9 Å². The minimum Gasteiger partial charge on any atom is -0.396 e. The Labute approximate surface area is 162 Å². The predicted octanol–water partition coefficient (Wildman–Crippen LogP) is 3.02. The first-order valence-corrected chi connectivity index (χ1v) is 9.87. The van der Waals surface area contributed by atoms with Gasteiger partial charge in [0.2, 0.25) is 0 Å². The number of benzene rings is 1. The third-order valence-electron chi connectivity index (χ3n) is 5.27. The molecular weight excluding hydrogens is 336 g/mol. The molecule has 0 amide bonds. The molecule has 0 bridgehead atoms. The van der Waals surface area contributed by atoms with Crippen molar-refractivity contribution in [2.75, 3.05) is 32.8 Å². The van der Waals surface area contributed by atoms with E-state index in [4.69, 9.17) is 0 Å². The van der Waals surface area contributed by atoms with Gasteiger partial charge in [0.25, 0.3) is 0 Å². The molecule has 1 N–H and O–H groups in total. The maximum absolute atomic E-state index is 9.52. The largest absolute Gasteiger partial charge is 0.396 e. The third-order valence-corrected chi connectivity index (χ3v) is 5.27. The lowest BCUT2D eigenvalue weighted by molar-refractivity contribution is 0.0636. The van der Waals surface area contributed by atoms with Crippen molar-refractivity contribution in [3.63, 3.8) is 0 Å². The molecule has 0 radical (unpaired) electrons. The Morgan fingerprint density at radius 1 is 1.30 bits per heavy atom. The molecule has 1 aliphatic heterocycles. The standard InChI is InChI=1S/C22H32N4O/c1-18(2)7-11-25-13-12-24(17-21(25)8-14-27)16-20-15-19(3)5-6-22(20)26-10-4-9-23-26/h4-7,9-10,15,21,27H,8,11-14,16-17H2,1-3H3. The molecule has 0 saturated carbocycles. The summed E-state index contributed by atoms with van der Waals surface area (Å²) in [5.41, 5.74) is 5.08. The van der Waals surface area contributed by atoms with Crippen LogP contribution in [0.1, 0.15) is 31.4 Å². The fraction of sp³-hybridized carbons (Fsp3) is 0.500. The van der Waals surface area contributed by atoms with Gasteiger partial charge in [0, 0.05) is 57.8 Å². The summed E-state index contributed by atoms with van der Waals surface area (Å²) < 4.78 is 1.95. The molecule has 1 saturated heterocycles. The van der Waals surface area contributed by atoms with E-state index in [2.05, 4.69) is 59.9 Å². The van der Waals surface area contributed by atoms with E-state index in [1.54, 1.807) is 0 Å². The first kappa shape index (κ1) is 19.8. The summed E-state index contributed by atoms with van der Waals surface area (Å²) in [7, 11) is 0. The van der Waals surface area contributed by atoms with Crippen LogP contribution >= 0.6 is 0 Å². The second-order valence-electron chi connectivity index (χ2n) is 7.76. The number of rotatable bonds is 7. The first-order valence-electron chi connectivity index (χ1n) is 9.87. The van der Waals surface area contributed by atoms with E-state index in [0.29, 0.717) is 6.04 Å². The fourth-order valence-electron chi connectivity index (χ4n) is 3.78. The van der Waals surface area contributed by atoms with Crippen LogP contribution in [0, 0.1) is 6.92 Å². The van der Waals surface area contributed by atoms with E-state index >= 15 is 0 Å². The van der Waals surface area contributed by atoms with Crippen LogP contribution < -0.4 is 0 Å². The van der Waals surface area contributed by atoms with Gasteiger partial charge in [0.05, 0.1) is 5.69 Å². The number of aliphatic hydroxyl groups excluding tert-OH is 1. The van der Waals surface area contributed by atoms with Crippen LogP contribution in [0.5, 0.6) is 0 Å². The van der Waals surface area contributed by atoms with Crippen LogP contribution in [0.15, 0.2) is 48.3 Å². The number of aliphatic hydroxyl groups is 1. The maximum Gasteiger partial charge on any atom is 0.0690 e. The molecule has 1 aromatic heterocycles. The highest BCUT2D eigenvalue weighted by Crippen LogP contribution is 2.21. The van der Waals surface area contributed by atoms with Gasteiger partial charge in [-0.25, -0.2) is 4.68 Å². The van der Waals surface area contributed by atoms with Gasteiger partial charge in [0.1, 0.15) is 0 Å². The minimum absolute atomic E-state index is 0.243. The van der Waals surface area contributed by atoms with Crippen molar-refractivity contribution >= 4 is 0 Å². The zero-order chi connectivity index (χ0) is 19.2. The Balaban J connectivity index is 1.73. The minimum atomic E-state index is 0.243. The molecule has 0 spiro atoms. The molecule has 1 aliphatic rings. The van der Waals surface area contributed by atoms with Crippen molar-refractivity contribution in [3.05, 3.63) is 59.4 Å². The van der Waals surface area contributed by atoms with Gasteiger partial charge in [-0.15, -0.1) is 0 Å². The number of hydrogen-bond donors (Lipinski definition) is 1. The number of piperazine rings is 1. The highest BCUT2D eigenvalue weighted by Gasteiger charge is 2.26. The van der Waals surface area contributed by atoms with E-state index in [1.807, 2.05) is 23.1 Å². The third kappa shape index (κ3) is 5.28. The van der Waals surface area contributed by atoms with E-state index in [0.717, 1.165) is 44.8 Å². The molecule has 1 atom stereocenters. The van der Waals surface area contributed by atoms with E-state index < -0.39 is 0 Å². The molecule has 1 unspecified atom stereocenters. The first-order chi connectivity index (χ1) is 13.1. The monoisotopic (exact) mass is 368 g/mol. The maximum atomic E-state index is 9.52. The molecule has 3 rings (SSSR count). The van der Waals surface area contributed by atoms with Crippen molar-refractivity contribution < 1.29 is 5.11 Å². The van der Waals surface area contributed by atoms with E-state index in [9.17, 15) is 5.11 Å². The van der Waals surface area contributed by atoms with Gasteiger partial charge in [-0.2, -0.15) is 5.10 Å². The lowest BCUT2D eigenvalue weighted by Gasteiger charge is -2.41. The van der Waals surface area contributed by atoms with Gasteiger partial charge in [0.15, 0.2) is 0 Å². The Bertz CT molecular complexity index is 750. The summed E-state index contributed by atoms with van der Waals surface area (Å²) in [5, 5.41) is 13.9. The number of allylic oxidation sites excluding steroid dienone is 1. The van der Waals surface area contributed by atoms with Crippen LogP contribution in [-0.4, -0.2) is 63.5 Å². The van der Waals surface area contributed by atoms with Gasteiger partial charge in [-0.1, -0.05) is 29.3 Å². The Hall–Kier alpha value is -1.95. The van der Waals surface area contributed by atoms with Crippen LogP contribution in [0.4, 0.5) is 0 Å². The Morgan fingerprint density at radius 3 is 2.85 bits per heavy atom. The molecule has 27 heavy (non-hydrogen) atoms. The number of aryl methyl sites for hydroxylation is 1. The molecule has 146 valence electrons. The van der Waals surface area contributed by atoms with Crippen LogP contribution in [0.25, 0.3) is 5.69 Å². The summed E-state index contributed by atoms with van der Waals surface area (Å²) in [4.78, 5) is 5.02. The van der Waals surface area contributed by atoms with Crippen molar-refractivity contribution in [2.24, 2.45) is 0 Å². The molecule has 2 heterocycles. The second-order valence-corrected chi connectivity index (χ2v) is 7.76. The van der Waals surface area contributed by atoms with E-state index in [1.165, 1.54) is 16.7 Å². The zero-order valence-corrected chi connectivity index (χ0v) is 16.8. The van der Waals surface area contributed by atoms with E-state index in [-0.39, 0.29) is 6.61 Å². The number of nitrogens with zero attached hydrogens (tertiary/aromatic N) is 4. The smallest absolute Gasteiger partial charge is 0.0690 e. The van der Waals surface area contributed by atoms with Gasteiger partial charge < -0.3 is 5.11 Å². The van der Waals surface area contributed by atoms with Crippen molar-refractivity contribution in [2.45, 2.75) is 39.8 Å². The average molecular weight is 369 g/mol. The summed E-state index contributed by atoms with van der Waals surface area (Å²) in [6, 6.07) is 8.94. The summed E-state index contributed by atoms with van der Waals surface area (Å²) in [6.45, 7) is 11.6. The van der Waals surface area contributed by atoms with Crippen LogP contribution in [-0.2, 0) is 6.54 Å². The summed E-state index contributed by atoms with van der Waals surface area (Å²) in [5.74, 6) is 0. The molecule has 1 aromatic carbocycles. The molecule has 5 heteroatoms. The molecule has 0 aliphatic carbocycles. The normalized spacial score (nSPS) is 18.6. The molecule has 1 fully saturated rings. The molecule has 5 nitrogen and oxygen atoms in total. The Morgan fingerprint density at radius 2 is 2.15 bits per heavy atom. The van der Waals surface area contributed by atoms with Crippen molar-refractivity contribution in [1.29, 1.82) is 0 Å².